The summed E-state index contributed by atoms with van der Waals surface area (Å²) in [6.45, 7) is 3.98. The summed E-state index contributed by atoms with van der Waals surface area (Å²) in [6.07, 6.45) is 3.91. The molecule has 0 unspecified atom stereocenters. The normalized spacial score (nSPS) is 13.4. The number of likely N-dealkylation sites (tertiary alicyclic amines) is 1. The first-order valence-corrected chi connectivity index (χ1v) is 13.2. The molecule has 0 aromatic heterocycles. The number of amides is 1. The average molecular weight is 547 g/mol. The van der Waals surface area contributed by atoms with Crippen LogP contribution in [0.15, 0.2) is 78.9 Å². The van der Waals surface area contributed by atoms with E-state index in [1.807, 2.05) is 72.8 Å². The number of benzene rings is 4. The topological polar surface area (TPSA) is 60.0 Å². The number of piperidine rings is 1. The lowest BCUT2D eigenvalue weighted by atomic mass is 9.98. The third-order valence-electron chi connectivity index (χ3n) is 7.03. The second-order valence-electron chi connectivity index (χ2n) is 9.51. The van der Waals surface area contributed by atoms with Gasteiger partial charge in [0, 0.05) is 30.1 Å². The van der Waals surface area contributed by atoms with Gasteiger partial charge in [0.05, 0.1) is 7.11 Å². The zero-order valence-electron chi connectivity index (χ0n) is 22.4. The molecular weight excluding hydrogens is 512 g/mol. The molecule has 1 aliphatic heterocycles. The van der Waals surface area contributed by atoms with Crippen LogP contribution in [0.2, 0.25) is 0 Å². The Morgan fingerprint density at radius 3 is 2.23 bits per heavy atom. The molecule has 0 saturated carbocycles. The largest absolute Gasteiger partial charge is 0.497 e. The van der Waals surface area contributed by atoms with E-state index in [0.29, 0.717) is 12.2 Å². The molecule has 7 heteroatoms. The van der Waals surface area contributed by atoms with Crippen molar-refractivity contribution in [1.29, 1.82) is 0 Å². The average Bonchev–Trinajstić information content (AvgIpc) is 2.98. The Hall–Kier alpha value is -3.74. The maximum atomic E-state index is 12.0. The maximum Gasteiger partial charge on any atom is 0.251 e. The number of carbonyl (C=O) groups excluding carboxylic acids is 1. The lowest BCUT2D eigenvalue weighted by molar-refractivity contribution is 0.0963. The van der Waals surface area contributed by atoms with Gasteiger partial charge in [-0.3, -0.25) is 9.69 Å². The van der Waals surface area contributed by atoms with E-state index < -0.39 is 0 Å². The summed E-state index contributed by atoms with van der Waals surface area (Å²) in [6, 6.07) is 25.4. The fraction of sp³-hybridized carbons (Fsp3) is 0.281. The molecule has 4 aromatic carbocycles. The number of carbonyl (C=O) groups is 1. The summed E-state index contributed by atoms with van der Waals surface area (Å²) in [5.41, 5.74) is 2.51. The first kappa shape index (κ1) is 28.3. The van der Waals surface area contributed by atoms with Crippen molar-refractivity contribution >= 4 is 29.1 Å². The lowest BCUT2D eigenvalue weighted by Gasteiger charge is -2.26. The van der Waals surface area contributed by atoms with Crippen molar-refractivity contribution in [2.75, 3.05) is 40.4 Å². The van der Waals surface area contributed by atoms with Crippen molar-refractivity contribution in [3.05, 3.63) is 84.4 Å². The molecule has 0 radical (unpaired) electrons. The summed E-state index contributed by atoms with van der Waals surface area (Å²) < 4.78 is 17.9. The van der Waals surface area contributed by atoms with Crippen LogP contribution in [0.4, 0.5) is 0 Å². The molecule has 0 atom stereocenters. The number of halogens is 1. The SMILES string of the molecule is CNC(=O)c1ccc(-c2ccc3cc(OC)ccc3c2Oc2ccc(OCCN3CCCCC3)cc2)cc1.Cl. The summed E-state index contributed by atoms with van der Waals surface area (Å²) in [5.74, 6) is 2.98. The van der Waals surface area contributed by atoms with E-state index >= 15 is 0 Å². The highest BCUT2D eigenvalue weighted by molar-refractivity contribution is 5.97. The number of fused-ring (bicyclic) bond motifs is 1. The molecule has 0 aliphatic carbocycles. The van der Waals surface area contributed by atoms with Crippen molar-refractivity contribution < 1.29 is 19.0 Å². The summed E-state index contributed by atoms with van der Waals surface area (Å²) in [4.78, 5) is 14.5. The second kappa shape index (κ2) is 13.4. The fourth-order valence-electron chi connectivity index (χ4n) is 4.89. The smallest absolute Gasteiger partial charge is 0.251 e. The first-order valence-electron chi connectivity index (χ1n) is 13.2. The van der Waals surface area contributed by atoms with Gasteiger partial charge in [0.15, 0.2) is 0 Å². The summed E-state index contributed by atoms with van der Waals surface area (Å²) in [5, 5.41) is 4.65. The third-order valence-corrected chi connectivity index (χ3v) is 7.03. The van der Waals surface area contributed by atoms with Crippen LogP contribution >= 0.6 is 12.4 Å². The Labute approximate surface area is 236 Å². The van der Waals surface area contributed by atoms with Crippen molar-refractivity contribution in [3.63, 3.8) is 0 Å². The van der Waals surface area contributed by atoms with Gasteiger partial charge in [-0.25, -0.2) is 0 Å². The maximum absolute atomic E-state index is 12.0. The molecule has 1 N–H and O–H groups in total. The molecule has 0 bridgehead atoms. The molecule has 1 aliphatic rings. The minimum absolute atomic E-state index is 0. The number of rotatable bonds is 9. The highest BCUT2D eigenvalue weighted by atomic mass is 35.5. The van der Waals surface area contributed by atoms with E-state index in [1.54, 1.807) is 14.2 Å². The zero-order chi connectivity index (χ0) is 26.3. The van der Waals surface area contributed by atoms with Gasteiger partial charge in [-0.15, -0.1) is 12.4 Å². The van der Waals surface area contributed by atoms with E-state index in [9.17, 15) is 4.79 Å². The van der Waals surface area contributed by atoms with Gasteiger partial charge in [-0.05, 0) is 97.5 Å². The standard InChI is InChI=1S/C32H34N2O4.ClH/c1-33-32(35)24-8-6-23(7-9-24)29-16-10-25-22-28(36-2)15-17-30(25)31(29)38-27-13-11-26(12-14-27)37-21-20-34-18-4-3-5-19-34;/h6-17,22H,3-5,18-21H2,1-2H3,(H,33,35);1H. The second-order valence-corrected chi connectivity index (χ2v) is 9.51. The molecule has 6 nitrogen and oxygen atoms in total. The highest BCUT2D eigenvalue weighted by Crippen LogP contribution is 2.41. The van der Waals surface area contributed by atoms with Crippen LogP contribution in [0.1, 0.15) is 29.6 Å². The van der Waals surface area contributed by atoms with E-state index in [4.69, 9.17) is 14.2 Å². The highest BCUT2D eigenvalue weighted by Gasteiger charge is 2.15. The minimum atomic E-state index is -0.114. The quantitative estimate of drug-likeness (QED) is 0.246. The molecule has 1 saturated heterocycles. The molecule has 1 heterocycles. The minimum Gasteiger partial charge on any atom is -0.497 e. The van der Waals surface area contributed by atoms with E-state index in [-0.39, 0.29) is 18.3 Å². The molecule has 5 rings (SSSR count). The molecule has 204 valence electrons. The van der Waals surface area contributed by atoms with E-state index in [0.717, 1.165) is 51.4 Å². The first-order chi connectivity index (χ1) is 18.6. The van der Waals surface area contributed by atoms with E-state index in [2.05, 4.69) is 16.3 Å². The number of methoxy groups -OCH3 is 1. The predicted molar refractivity (Wildman–Crippen MR) is 159 cm³/mol. The zero-order valence-corrected chi connectivity index (χ0v) is 23.3. The van der Waals surface area contributed by atoms with Gasteiger partial charge in [0.25, 0.3) is 5.91 Å². The van der Waals surface area contributed by atoms with Crippen molar-refractivity contribution in [2.45, 2.75) is 19.3 Å². The monoisotopic (exact) mass is 546 g/mol. The van der Waals surface area contributed by atoms with Crippen LogP contribution in [0.3, 0.4) is 0 Å². The summed E-state index contributed by atoms with van der Waals surface area (Å²) >= 11 is 0. The van der Waals surface area contributed by atoms with Crippen molar-refractivity contribution in [1.82, 2.24) is 10.2 Å². The third kappa shape index (κ3) is 6.83. The number of ether oxygens (including phenoxy) is 3. The van der Waals surface area contributed by atoms with Gasteiger partial charge < -0.3 is 19.5 Å². The van der Waals surface area contributed by atoms with Crippen molar-refractivity contribution in [3.8, 4) is 34.1 Å². The van der Waals surface area contributed by atoms with Crippen LogP contribution in [0, 0.1) is 0 Å². The number of hydrogen-bond donors (Lipinski definition) is 1. The molecular formula is C32H35ClN2O4. The van der Waals surface area contributed by atoms with Gasteiger partial charge in [-0.2, -0.15) is 0 Å². The van der Waals surface area contributed by atoms with Gasteiger partial charge in [0.1, 0.15) is 29.6 Å². The number of nitrogens with one attached hydrogen (secondary N) is 1. The Morgan fingerprint density at radius 2 is 1.54 bits per heavy atom. The fourth-order valence-corrected chi connectivity index (χ4v) is 4.89. The Bertz CT molecular complexity index is 1380. The van der Waals surface area contributed by atoms with Crippen LogP contribution in [0.5, 0.6) is 23.0 Å². The van der Waals surface area contributed by atoms with Crippen LogP contribution < -0.4 is 19.5 Å². The van der Waals surface area contributed by atoms with Gasteiger partial charge >= 0.3 is 0 Å². The Kier molecular flexibility index (Phi) is 9.69. The predicted octanol–water partition coefficient (Wildman–Crippen LogP) is 6.95. The molecule has 39 heavy (non-hydrogen) atoms. The van der Waals surface area contributed by atoms with Gasteiger partial charge in [-0.1, -0.05) is 24.6 Å². The Balaban J connectivity index is 0.00000353. The number of hydrogen-bond acceptors (Lipinski definition) is 5. The molecule has 1 amide bonds. The van der Waals surface area contributed by atoms with Crippen molar-refractivity contribution in [2.24, 2.45) is 0 Å². The van der Waals surface area contributed by atoms with Crippen LogP contribution in [0.25, 0.3) is 21.9 Å². The number of nitrogens with zero attached hydrogens (tertiary/aromatic N) is 1. The Morgan fingerprint density at radius 1 is 0.846 bits per heavy atom. The summed E-state index contributed by atoms with van der Waals surface area (Å²) in [7, 11) is 3.29. The molecule has 0 spiro atoms. The van der Waals surface area contributed by atoms with E-state index in [1.165, 1.54) is 32.4 Å². The lowest BCUT2D eigenvalue weighted by Crippen LogP contribution is -2.33. The molecule has 1 fully saturated rings. The van der Waals surface area contributed by atoms with Gasteiger partial charge in [0.2, 0.25) is 0 Å². The van der Waals surface area contributed by atoms with Crippen LogP contribution in [-0.4, -0.2) is 51.2 Å². The molecule has 4 aromatic rings. The van der Waals surface area contributed by atoms with Crippen LogP contribution in [-0.2, 0) is 0 Å².